The molecule has 0 amide bonds. The summed E-state index contributed by atoms with van der Waals surface area (Å²) in [5, 5.41) is 18.8. The predicted molar refractivity (Wildman–Crippen MR) is 91.3 cm³/mol. The van der Waals surface area contributed by atoms with E-state index in [-0.39, 0.29) is 19.8 Å². The maximum absolute atomic E-state index is 11.9. The van der Waals surface area contributed by atoms with E-state index in [9.17, 15) is 14.7 Å². The number of allylic oxidation sites excluding steroid dienone is 1. The molecule has 1 unspecified atom stereocenters. The summed E-state index contributed by atoms with van der Waals surface area (Å²) in [6, 6.07) is 0. The van der Waals surface area contributed by atoms with Crippen molar-refractivity contribution in [3.8, 4) is 0 Å². The lowest BCUT2D eigenvalue weighted by molar-refractivity contribution is -0.147. The van der Waals surface area contributed by atoms with Gasteiger partial charge in [0.2, 0.25) is 0 Å². The number of ether oxygens (including phenoxy) is 2. The van der Waals surface area contributed by atoms with E-state index in [4.69, 9.17) is 14.6 Å². The number of hydrogen-bond acceptors (Lipinski definition) is 6. The topological polar surface area (TPSA) is 93.1 Å². The molecule has 0 heterocycles. The van der Waals surface area contributed by atoms with Crippen molar-refractivity contribution < 1.29 is 29.3 Å². The maximum Gasteiger partial charge on any atom is 0.333 e. The Morgan fingerprint density at radius 2 is 1.58 bits per heavy atom. The monoisotopic (exact) mass is 342 g/mol. The molecule has 0 aromatic heterocycles. The highest BCUT2D eigenvalue weighted by Gasteiger charge is 2.15. The largest absolute Gasteiger partial charge is 0.459 e. The van der Waals surface area contributed by atoms with Crippen molar-refractivity contribution in [3.05, 3.63) is 22.8 Å². The number of rotatable bonds is 11. The lowest BCUT2D eigenvalue weighted by Crippen LogP contribution is -2.18. The van der Waals surface area contributed by atoms with Gasteiger partial charge in [-0.1, -0.05) is 18.9 Å². The van der Waals surface area contributed by atoms with Gasteiger partial charge in [0.25, 0.3) is 0 Å². The van der Waals surface area contributed by atoms with Gasteiger partial charge in [0.15, 0.2) is 0 Å². The molecule has 1 atom stereocenters. The second-order valence-electron chi connectivity index (χ2n) is 5.64. The van der Waals surface area contributed by atoms with Gasteiger partial charge in [0, 0.05) is 17.8 Å². The van der Waals surface area contributed by atoms with E-state index in [0.29, 0.717) is 29.6 Å². The van der Waals surface area contributed by atoms with Gasteiger partial charge in [-0.05, 0) is 46.1 Å². The zero-order valence-electron chi connectivity index (χ0n) is 15.1. The van der Waals surface area contributed by atoms with Crippen LogP contribution in [0.15, 0.2) is 22.8 Å². The fourth-order valence-electron chi connectivity index (χ4n) is 1.86. The Morgan fingerprint density at radius 3 is 2.12 bits per heavy atom. The molecule has 0 fully saturated rings. The molecule has 0 saturated heterocycles. The highest BCUT2D eigenvalue weighted by molar-refractivity contribution is 5.89. The molecule has 0 aromatic rings. The number of carbonyl (C=O) groups excluding carboxylic acids is 2. The molecule has 0 bridgehead atoms. The fourth-order valence-corrected chi connectivity index (χ4v) is 1.86. The van der Waals surface area contributed by atoms with Crippen LogP contribution in [0.3, 0.4) is 0 Å². The minimum Gasteiger partial charge on any atom is -0.459 e. The van der Waals surface area contributed by atoms with Gasteiger partial charge in [-0.2, -0.15) is 0 Å². The standard InChI is InChI=1S/C18H30O6/c1-5-13(2)17(21)23-11-12-24-18(22)15(4)14(3)16(20)9-7-6-8-10-19/h5,16,19-20H,6-12H2,1-4H3. The number of aliphatic hydroxyl groups is 2. The summed E-state index contributed by atoms with van der Waals surface area (Å²) in [7, 11) is 0. The molecule has 6 nitrogen and oxygen atoms in total. The molecule has 0 aromatic carbocycles. The van der Waals surface area contributed by atoms with Crippen LogP contribution in [0, 0.1) is 0 Å². The molecule has 24 heavy (non-hydrogen) atoms. The average molecular weight is 342 g/mol. The van der Waals surface area contributed by atoms with Crippen LogP contribution in [0.4, 0.5) is 0 Å². The minimum absolute atomic E-state index is 0.00814. The van der Waals surface area contributed by atoms with Crippen molar-refractivity contribution >= 4 is 11.9 Å². The average Bonchev–Trinajstić information content (AvgIpc) is 2.59. The first-order valence-corrected chi connectivity index (χ1v) is 8.28. The van der Waals surface area contributed by atoms with E-state index in [1.807, 2.05) is 0 Å². The predicted octanol–water partition coefficient (Wildman–Crippen LogP) is 2.29. The zero-order chi connectivity index (χ0) is 18.5. The van der Waals surface area contributed by atoms with Crippen molar-refractivity contribution in [3.63, 3.8) is 0 Å². The van der Waals surface area contributed by atoms with Crippen molar-refractivity contribution in [2.24, 2.45) is 0 Å². The van der Waals surface area contributed by atoms with Crippen LogP contribution in [-0.2, 0) is 19.1 Å². The summed E-state index contributed by atoms with van der Waals surface area (Å²) in [6.45, 7) is 6.79. The summed E-state index contributed by atoms with van der Waals surface area (Å²) in [5.74, 6) is -0.962. The van der Waals surface area contributed by atoms with Crippen molar-refractivity contribution in [1.29, 1.82) is 0 Å². The van der Waals surface area contributed by atoms with Gasteiger partial charge in [-0.25, -0.2) is 9.59 Å². The number of hydrogen-bond donors (Lipinski definition) is 2. The lowest BCUT2D eigenvalue weighted by Gasteiger charge is -2.14. The molecular formula is C18H30O6. The molecule has 0 aliphatic rings. The quantitative estimate of drug-likeness (QED) is 0.340. The van der Waals surface area contributed by atoms with Crippen molar-refractivity contribution in [1.82, 2.24) is 0 Å². The highest BCUT2D eigenvalue weighted by Crippen LogP contribution is 2.15. The Balaban J connectivity index is 4.25. The smallest absolute Gasteiger partial charge is 0.333 e. The SMILES string of the molecule is CC=C(C)C(=O)OCCOC(=O)C(C)=C(C)C(O)CCCCCO. The molecule has 0 rings (SSSR count). The van der Waals surface area contributed by atoms with E-state index in [2.05, 4.69) is 0 Å². The van der Waals surface area contributed by atoms with E-state index in [0.717, 1.165) is 12.8 Å². The first-order chi connectivity index (χ1) is 11.3. The molecule has 138 valence electrons. The van der Waals surface area contributed by atoms with Crippen LogP contribution >= 0.6 is 0 Å². The molecule has 2 N–H and O–H groups in total. The Labute approximate surface area is 144 Å². The van der Waals surface area contributed by atoms with E-state index in [1.165, 1.54) is 0 Å². The summed E-state index contributed by atoms with van der Waals surface area (Å²) in [5.41, 5.74) is 1.43. The lowest BCUT2D eigenvalue weighted by atomic mass is 10.0. The third kappa shape index (κ3) is 8.84. The summed E-state index contributed by atoms with van der Waals surface area (Å²) in [6.07, 6.45) is 3.81. The number of esters is 2. The Bertz CT molecular complexity index is 464. The van der Waals surface area contributed by atoms with Crippen LogP contribution in [0.2, 0.25) is 0 Å². The Morgan fingerprint density at radius 1 is 1.00 bits per heavy atom. The van der Waals surface area contributed by atoms with Crippen LogP contribution in [-0.4, -0.2) is 48.1 Å². The molecule has 0 spiro atoms. The highest BCUT2D eigenvalue weighted by atomic mass is 16.6. The Hall–Kier alpha value is -1.66. The maximum atomic E-state index is 11.9. The van der Waals surface area contributed by atoms with Crippen LogP contribution in [0.25, 0.3) is 0 Å². The first kappa shape index (κ1) is 22.3. The second-order valence-corrected chi connectivity index (χ2v) is 5.64. The number of aliphatic hydroxyl groups excluding tert-OH is 2. The normalized spacial score (nSPS) is 14.0. The van der Waals surface area contributed by atoms with Gasteiger partial charge in [-0.15, -0.1) is 0 Å². The second kappa shape index (κ2) is 12.7. The third-order valence-electron chi connectivity index (χ3n) is 3.84. The van der Waals surface area contributed by atoms with Gasteiger partial charge in [0.05, 0.1) is 6.10 Å². The Kier molecular flexibility index (Phi) is 11.8. The van der Waals surface area contributed by atoms with Crippen molar-refractivity contribution in [2.75, 3.05) is 19.8 Å². The van der Waals surface area contributed by atoms with Crippen LogP contribution in [0.1, 0.15) is 53.4 Å². The third-order valence-corrected chi connectivity index (χ3v) is 3.84. The van der Waals surface area contributed by atoms with Crippen LogP contribution < -0.4 is 0 Å². The zero-order valence-corrected chi connectivity index (χ0v) is 15.1. The molecule has 0 aliphatic heterocycles. The summed E-state index contributed by atoms with van der Waals surface area (Å²) < 4.78 is 9.98. The molecule has 0 saturated carbocycles. The molecule has 0 aliphatic carbocycles. The molecule has 6 heteroatoms. The van der Waals surface area contributed by atoms with Crippen LogP contribution in [0.5, 0.6) is 0 Å². The van der Waals surface area contributed by atoms with Gasteiger partial charge in [-0.3, -0.25) is 0 Å². The number of unbranched alkanes of at least 4 members (excludes halogenated alkanes) is 2. The van der Waals surface area contributed by atoms with E-state index in [1.54, 1.807) is 33.8 Å². The van der Waals surface area contributed by atoms with Gasteiger partial charge < -0.3 is 19.7 Å². The molecule has 0 radical (unpaired) electrons. The van der Waals surface area contributed by atoms with E-state index >= 15 is 0 Å². The fraction of sp³-hybridized carbons (Fsp3) is 0.667. The first-order valence-electron chi connectivity index (χ1n) is 8.28. The van der Waals surface area contributed by atoms with Gasteiger partial charge >= 0.3 is 11.9 Å². The van der Waals surface area contributed by atoms with Crippen molar-refractivity contribution in [2.45, 2.75) is 59.5 Å². The minimum atomic E-state index is -0.702. The number of carbonyl (C=O) groups is 2. The van der Waals surface area contributed by atoms with E-state index < -0.39 is 18.0 Å². The summed E-state index contributed by atoms with van der Waals surface area (Å²) >= 11 is 0. The summed E-state index contributed by atoms with van der Waals surface area (Å²) in [4.78, 5) is 23.3. The molecular weight excluding hydrogens is 312 g/mol. The van der Waals surface area contributed by atoms with Gasteiger partial charge in [0.1, 0.15) is 13.2 Å².